The van der Waals surface area contributed by atoms with E-state index in [9.17, 15) is 0 Å². The number of hydrogen-bond donors (Lipinski definition) is 1. The molecule has 0 saturated heterocycles. The van der Waals surface area contributed by atoms with Gasteiger partial charge in [0.15, 0.2) is 0 Å². The van der Waals surface area contributed by atoms with Gasteiger partial charge in [0.25, 0.3) is 0 Å². The largest absolute Gasteiger partial charge is 0.459 e. The maximum atomic E-state index is 5.97. The van der Waals surface area contributed by atoms with Crippen LogP contribution in [0, 0.1) is 0 Å². The summed E-state index contributed by atoms with van der Waals surface area (Å²) in [6.45, 7) is 2.20. The lowest BCUT2D eigenvalue weighted by molar-refractivity contribution is 0.452. The van der Waals surface area contributed by atoms with Crippen molar-refractivity contribution in [3.63, 3.8) is 0 Å². The fraction of sp³-hybridized carbons (Fsp3) is 0.294. The Bertz CT molecular complexity index is 665. The molecular formula is C17H19NOS. The van der Waals surface area contributed by atoms with E-state index in [1.165, 1.54) is 15.1 Å². The summed E-state index contributed by atoms with van der Waals surface area (Å²) in [4.78, 5) is 2.85. The second kappa shape index (κ2) is 5.81. The van der Waals surface area contributed by atoms with E-state index in [2.05, 4.69) is 36.5 Å². The first-order valence-electron chi connectivity index (χ1n) is 7.03. The van der Waals surface area contributed by atoms with E-state index in [-0.39, 0.29) is 6.04 Å². The molecule has 1 atom stereocenters. The van der Waals surface area contributed by atoms with Gasteiger partial charge in [-0.05, 0) is 37.7 Å². The van der Waals surface area contributed by atoms with Gasteiger partial charge in [-0.25, -0.2) is 0 Å². The summed E-state index contributed by atoms with van der Waals surface area (Å²) >= 11 is 1.90. The molecule has 20 heavy (non-hydrogen) atoms. The van der Waals surface area contributed by atoms with E-state index < -0.39 is 0 Å². The van der Waals surface area contributed by atoms with Crippen molar-refractivity contribution in [2.75, 3.05) is 7.05 Å². The summed E-state index contributed by atoms with van der Waals surface area (Å²) in [6, 6.07) is 15.0. The van der Waals surface area contributed by atoms with E-state index in [1.54, 1.807) is 0 Å². The van der Waals surface area contributed by atoms with Gasteiger partial charge in [0.05, 0.1) is 6.04 Å². The van der Waals surface area contributed by atoms with Crippen LogP contribution in [0.2, 0.25) is 0 Å². The topological polar surface area (TPSA) is 25.2 Å². The van der Waals surface area contributed by atoms with Crippen LogP contribution in [0.4, 0.5) is 0 Å². The molecule has 0 radical (unpaired) electrons. The number of rotatable bonds is 5. The highest BCUT2D eigenvalue weighted by Gasteiger charge is 2.16. The van der Waals surface area contributed by atoms with Gasteiger partial charge >= 0.3 is 0 Å². The molecule has 0 aliphatic rings. The quantitative estimate of drug-likeness (QED) is 0.743. The predicted molar refractivity (Wildman–Crippen MR) is 85.4 cm³/mol. The van der Waals surface area contributed by atoms with Crippen molar-refractivity contribution in [1.82, 2.24) is 5.32 Å². The lowest BCUT2D eigenvalue weighted by Crippen LogP contribution is -2.17. The molecule has 0 aliphatic heterocycles. The first-order chi connectivity index (χ1) is 9.80. The number of fused-ring (bicyclic) bond motifs is 1. The molecule has 0 amide bonds. The Hall–Kier alpha value is -1.58. The molecule has 0 spiro atoms. The molecule has 1 aromatic carbocycles. The fourth-order valence-corrected chi connectivity index (χ4v) is 3.45. The van der Waals surface area contributed by atoms with Crippen LogP contribution in [0.3, 0.4) is 0 Å². The lowest BCUT2D eigenvalue weighted by Gasteiger charge is -2.12. The number of para-hydroxylation sites is 1. The second-order valence-electron chi connectivity index (χ2n) is 4.95. The number of thiophene rings is 1. The number of likely N-dealkylation sites (N-methyl/N-ethyl adjacent to an activating group) is 1. The van der Waals surface area contributed by atoms with Crippen molar-refractivity contribution >= 4 is 22.3 Å². The Morgan fingerprint density at radius 3 is 2.65 bits per heavy atom. The minimum absolute atomic E-state index is 0.228. The zero-order valence-electron chi connectivity index (χ0n) is 11.8. The van der Waals surface area contributed by atoms with E-state index in [1.807, 2.05) is 36.6 Å². The average molecular weight is 285 g/mol. The smallest absolute Gasteiger partial charge is 0.134 e. The summed E-state index contributed by atoms with van der Waals surface area (Å²) in [7, 11) is 1.99. The zero-order chi connectivity index (χ0) is 13.9. The summed E-state index contributed by atoms with van der Waals surface area (Å²) in [5, 5.41) is 4.54. The van der Waals surface area contributed by atoms with Crippen molar-refractivity contribution in [3.05, 3.63) is 58.0 Å². The minimum atomic E-state index is 0.228. The predicted octanol–water partition coefficient (Wildman–Crippen LogP) is 4.56. The van der Waals surface area contributed by atoms with Gasteiger partial charge in [0.1, 0.15) is 11.3 Å². The SMILES string of the molecule is CCc1ccc(CC(NC)c2cc3ccccc3o2)s1. The molecule has 3 rings (SSSR count). The Labute approximate surface area is 123 Å². The molecule has 3 heteroatoms. The summed E-state index contributed by atoms with van der Waals surface area (Å²) in [5.41, 5.74) is 0.961. The third-order valence-electron chi connectivity index (χ3n) is 3.61. The van der Waals surface area contributed by atoms with Gasteiger partial charge in [-0.15, -0.1) is 11.3 Å². The van der Waals surface area contributed by atoms with Crippen molar-refractivity contribution in [1.29, 1.82) is 0 Å². The van der Waals surface area contributed by atoms with Crippen LogP contribution >= 0.6 is 11.3 Å². The normalized spacial score (nSPS) is 12.9. The van der Waals surface area contributed by atoms with Gasteiger partial charge in [0, 0.05) is 21.6 Å². The number of aryl methyl sites for hydroxylation is 1. The van der Waals surface area contributed by atoms with Gasteiger partial charge in [-0.2, -0.15) is 0 Å². The molecule has 0 bridgehead atoms. The molecule has 104 valence electrons. The van der Waals surface area contributed by atoms with Crippen LogP contribution < -0.4 is 5.32 Å². The van der Waals surface area contributed by atoms with E-state index >= 15 is 0 Å². The van der Waals surface area contributed by atoms with Crippen LogP contribution in [0.5, 0.6) is 0 Å². The molecule has 2 aromatic heterocycles. The third-order valence-corrected chi connectivity index (χ3v) is 4.86. The van der Waals surface area contributed by atoms with Crippen LogP contribution in [0.25, 0.3) is 11.0 Å². The highest BCUT2D eigenvalue weighted by atomic mass is 32.1. The second-order valence-corrected chi connectivity index (χ2v) is 6.21. The average Bonchev–Trinajstić information content (AvgIpc) is 3.10. The first-order valence-corrected chi connectivity index (χ1v) is 7.85. The van der Waals surface area contributed by atoms with Gasteiger partial charge in [-0.1, -0.05) is 25.1 Å². The van der Waals surface area contributed by atoms with Gasteiger partial charge in [-0.3, -0.25) is 0 Å². The zero-order valence-corrected chi connectivity index (χ0v) is 12.7. The van der Waals surface area contributed by atoms with Crippen LogP contribution in [0.1, 0.15) is 28.5 Å². The van der Waals surface area contributed by atoms with Crippen molar-refractivity contribution in [3.8, 4) is 0 Å². The lowest BCUT2D eigenvalue weighted by atomic mass is 10.1. The maximum Gasteiger partial charge on any atom is 0.134 e. The Balaban J connectivity index is 1.85. The molecule has 3 aromatic rings. The third kappa shape index (κ3) is 2.65. The maximum absolute atomic E-state index is 5.97. The highest BCUT2D eigenvalue weighted by molar-refractivity contribution is 7.11. The monoisotopic (exact) mass is 285 g/mol. The van der Waals surface area contributed by atoms with E-state index in [4.69, 9.17) is 4.42 Å². The molecular weight excluding hydrogens is 266 g/mol. The van der Waals surface area contributed by atoms with Crippen molar-refractivity contribution in [2.24, 2.45) is 0 Å². The Morgan fingerprint density at radius 2 is 1.95 bits per heavy atom. The Kier molecular flexibility index (Phi) is 3.90. The van der Waals surface area contributed by atoms with Crippen LogP contribution in [-0.2, 0) is 12.8 Å². The van der Waals surface area contributed by atoms with Gasteiger partial charge in [0.2, 0.25) is 0 Å². The highest BCUT2D eigenvalue weighted by Crippen LogP contribution is 2.28. The summed E-state index contributed by atoms with van der Waals surface area (Å²) in [5.74, 6) is 1.01. The molecule has 0 aliphatic carbocycles. The molecule has 1 N–H and O–H groups in total. The van der Waals surface area contributed by atoms with E-state index in [0.29, 0.717) is 0 Å². The first kappa shape index (κ1) is 13.4. The standard InChI is InChI=1S/C17H19NOS/c1-3-13-8-9-14(20-13)11-15(18-2)17-10-12-6-4-5-7-16(12)19-17/h4-10,15,18H,3,11H2,1-2H3. The molecule has 2 nitrogen and oxygen atoms in total. The van der Waals surface area contributed by atoms with Crippen molar-refractivity contribution < 1.29 is 4.42 Å². The minimum Gasteiger partial charge on any atom is -0.459 e. The molecule has 1 unspecified atom stereocenters. The number of nitrogens with one attached hydrogen (secondary N) is 1. The van der Waals surface area contributed by atoms with Crippen LogP contribution in [-0.4, -0.2) is 7.05 Å². The number of furan rings is 1. The molecule has 0 saturated carbocycles. The summed E-state index contributed by atoms with van der Waals surface area (Å²) < 4.78 is 5.97. The number of benzene rings is 1. The summed E-state index contributed by atoms with van der Waals surface area (Å²) in [6.07, 6.45) is 2.08. The van der Waals surface area contributed by atoms with Crippen LogP contribution in [0.15, 0.2) is 46.9 Å². The molecule has 2 heterocycles. The Morgan fingerprint density at radius 1 is 1.15 bits per heavy atom. The van der Waals surface area contributed by atoms with E-state index in [0.717, 1.165) is 24.2 Å². The van der Waals surface area contributed by atoms with Gasteiger partial charge < -0.3 is 9.73 Å². The fourth-order valence-electron chi connectivity index (χ4n) is 2.44. The number of hydrogen-bond acceptors (Lipinski definition) is 3. The molecule has 0 fully saturated rings. The van der Waals surface area contributed by atoms with Crippen molar-refractivity contribution in [2.45, 2.75) is 25.8 Å².